The number of hydrogen-bond donors (Lipinski definition) is 0. The molecule has 6 heteroatoms. The zero-order valence-corrected chi connectivity index (χ0v) is 12.2. The van der Waals surface area contributed by atoms with Crippen molar-refractivity contribution in [2.24, 2.45) is 0 Å². The molecule has 0 bridgehead atoms. The summed E-state index contributed by atoms with van der Waals surface area (Å²) < 4.78 is 0. The van der Waals surface area contributed by atoms with Gasteiger partial charge in [-0.1, -0.05) is 11.6 Å². The van der Waals surface area contributed by atoms with Crippen LogP contribution < -0.4 is 4.90 Å². The molecule has 4 nitrogen and oxygen atoms in total. The van der Waals surface area contributed by atoms with E-state index in [2.05, 4.69) is 33.9 Å². The molecule has 2 heterocycles. The summed E-state index contributed by atoms with van der Waals surface area (Å²) in [7, 11) is 4.26. The topological polar surface area (TPSA) is 32.3 Å². The Kier molecular flexibility index (Phi) is 4.65. The molecule has 0 spiro atoms. The lowest BCUT2D eigenvalue weighted by molar-refractivity contribution is 0.249. The van der Waals surface area contributed by atoms with Crippen LogP contribution in [0.2, 0.25) is 5.15 Å². The second-order valence-electron chi connectivity index (χ2n) is 4.78. The molecule has 0 aliphatic carbocycles. The van der Waals surface area contributed by atoms with Gasteiger partial charge >= 0.3 is 0 Å². The average molecular weight is 289 g/mol. The molecule has 1 fully saturated rings. The van der Waals surface area contributed by atoms with Crippen molar-refractivity contribution in [3.8, 4) is 0 Å². The largest absolute Gasteiger partial charge is 0.356 e. The number of halogens is 2. The molecule has 18 heavy (non-hydrogen) atoms. The minimum Gasteiger partial charge on any atom is -0.356 e. The fourth-order valence-corrected chi connectivity index (χ4v) is 2.87. The summed E-state index contributed by atoms with van der Waals surface area (Å²) in [5, 5.41) is 0.463. The van der Waals surface area contributed by atoms with E-state index < -0.39 is 0 Å². The van der Waals surface area contributed by atoms with Crippen molar-refractivity contribution < 1.29 is 0 Å². The van der Waals surface area contributed by atoms with Gasteiger partial charge in [0.25, 0.3) is 0 Å². The van der Waals surface area contributed by atoms with Crippen molar-refractivity contribution in [1.29, 1.82) is 0 Å². The highest BCUT2D eigenvalue weighted by molar-refractivity contribution is 6.31. The number of hydrogen-bond acceptors (Lipinski definition) is 4. The monoisotopic (exact) mass is 288 g/mol. The first-order chi connectivity index (χ1) is 8.63. The minimum atomic E-state index is 0.350. The van der Waals surface area contributed by atoms with E-state index in [4.69, 9.17) is 23.2 Å². The third kappa shape index (κ3) is 2.87. The Morgan fingerprint density at radius 3 is 2.56 bits per heavy atom. The van der Waals surface area contributed by atoms with Gasteiger partial charge in [-0.25, -0.2) is 9.97 Å². The molecule has 0 radical (unpaired) electrons. The van der Waals surface area contributed by atoms with E-state index in [9.17, 15) is 0 Å². The molecular weight excluding hydrogens is 271 g/mol. The molecule has 0 amide bonds. The predicted molar refractivity (Wildman–Crippen MR) is 75.5 cm³/mol. The number of rotatable bonds is 3. The highest BCUT2D eigenvalue weighted by Gasteiger charge is 2.23. The highest BCUT2D eigenvalue weighted by Crippen LogP contribution is 2.27. The van der Waals surface area contributed by atoms with Gasteiger partial charge < -0.3 is 9.80 Å². The van der Waals surface area contributed by atoms with Gasteiger partial charge in [-0.2, -0.15) is 0 Å². The molecule has 100 valence electrons. The molecule has 0 aromatic carbocycles. The highest BCUT2D eigenvalue weighted by atomic mass is 35.5. The van der Waals surface area contributed by atoms with Gasteiger partial charge in [0.1, 0.15) is 17.3 Å². The first kappa shape index (κ1) is 13.8. The number of alkyl halides is 1. The van der Waals surface area contributed by atoms with Gasteiger partial charge in [-0.15, -0.1) is 11.6 Å². The quantitative estimate of drug-likeness (QED) is 0.632. The van der Waals surface area contributed by atoms with Crippen molar-refractivity contribution in [3.05, 3.63) is 17.0 Å². The molecular formula is C12H18Cl2N4. The smallest absolute Gasteiger partial charge is 0.138 e. The number of nitrogens with zero attached hydrogens (tertiary/aromatic N) is 4. The molecule has 1 aromatic heterocycles. The van der Waals surface area contributed by atoms with Crippen molar-refractivity contribution >= 4 is 29.0 Å². The first-order valence-corrected chi connectivity index (χ1v) is 7.01. The van der Waals surface area contributed by atoms with Crippen LogP contribution in [0.4, 0.5) is 5.82 Å². The van der Waals surface area contributed by atoms with Crippen LogP contribution >= 0.6 is 23.2 Å². The maximum atomic E-state index is 6.06. The zero-order chi connectivity index (χ0) is 13.1. The Bertz CT molecular complexity index is 403. The van der Waals surface area contributed by atoms with Crippen molar-refractivity contribution in [2.75, 3.05) is 32.1 Å². The van der Waals surface area contributed by atoms with Gasteiger partial charge in [-0.3, -0.25) is 0 Å². The van der Waals surface area contributed by atoms with E-state index in [0.717, 1.165) is 37.3 Å². The number of piperidine rings is 1. The minimum absolute atomic E-state index is 0.350. The van der Waals surface area contributed by atoms with Crippen LogP contribution in [-0.4, -0.2) is 48.1 Å². The molecule has 0 saturated carbocycles. The Hall–Kier alpha value is -0.580. The van der Waals surface area contributed by atoms with Gasteiger partial charge in [0.05, 0.1) is 5.88 Å². The van der Waals surface area contributed by atoms with Crippen LogP contribution in [-0.2, 0) is 5.88 Å². The van der Waals surface area contributed by atoms with Gasteiger partial charge in [-0.05, 0) is 26.9 Å². The first-order valence-electron chi connectivity index (χ1n) is 6.10. The molecule has 1 aliphatic rings. The lowest BCUT2D eigenvalue weighted by Gasteiger charge is -2.36. The maximum absolute atomic E-state index is 6.06. The molecule has 0 unspecified atom stereocenters. The molecule has 0 N–H and O–H groups in total. The third-order valence-electron chi connectivity index (χ3n) is 3.50. The van der Waals surface area contributed by atoms with Crippen molar-refractivity contribution in [1.82, 2.24) is 14.9 Å². The predicted octanol–water partition coefficient (Wildman–Crippen LogP) is 2.40. The normalized spacial score (nSPS) is 17.5. The number of aromatic nitrogens is 2. The van der Waals surface area contributed by atoms with Crippen LogP contribution in [0.1, 0.15) is 18.4 Å². The lowest BCUT2D eigenvalue weighted by Crippen LogP contribution is -2.42. The molecule has 0 atom stereocenters. The van der Waals surface area contributed by atoms with Crippen LogP contribution in [0.25, 0.3) is 0 Å². The SMILES string of the molecule is CN(C)C1CCN(c2ncnc(Cl)c2CCl)CC1. The second kappa shape index (κ2) is 6.04. The molecule has 1 aromatic rings. The van der Waals surface area contributed by atoms with Crippen LogP contribution in [0.5, 0.6) is 0 Å². The van der Waals surface area contributed by atoms with Gasteiger partial charge in [0.2, 0.25) is 0 Å². The summed E-state index contributed by atoms with van der Waals surface area (Å²) in [6.45, 7) is 1.97. The van der Waals surface area contributed by atoms with E-state index >= 15 is 0 Å². The second-order valence-corrected chi connectivity index (χ2v) is 5.41. The van der Waals surface area contributed by atoms with Crippen LogP contribution in [0, 0.1) is 0 Å². The summed E-state index contributed by atoms with van der Waals surface area (Å²) >= 11 is 12.0. The summed E-state index contributed by atoms with van der Waals surface area (Å²) in [5.74, 6) is 1.24. The lowest BCUT2D eigenvalue weighted by atomic mass is 10.0. The van der Waals surface area contributed by atoms with E-state index in [0.29, 0.717) is 17.1 Å². The van der Waals surface area contributed by atoms with Crippen molar-refractivity contribution in [2.45, 2.75) is 24.8 Å². The molecule has 1 saturated heterocycles. The van der Waals surface area contributed by atoms with E-state index in [1.807, 2.05) is 0 Å². The van der Waals surface area contributed by atoms with E-state index in [-0.39, 0.29) is 0 Å². The molecule has 1 aliphatic heterocycles. The fourth-order valence-electron chi connectivity index (χ4n) is 2.36. The Balaban J connectivity index is 2.12. The summed E-state index contributed by atoms with van der Waals surface area (Å²) in [6.07, 6.45) is 3.78. The fraction of sp³-hybridized carbons (Fsp3) is 0.667. The zero-order valence-electron chi connectivity index (χ0n) is 10.7. The van der Waals surface area contributed by atoms with E-state index in [1.54, 1.807) is 0 Å². The standard InChI is InChI=1S/C12H18Cl2N4/c1-17(2)9-3-5-18(6-4-9)12-10(7-13)11(14)15-8-16-12/h8-9H,3-7H2,1-2H3. The van der Waals surface area contributed by atoms with Crippen LogP contribution in [0.15, 0.2) is 6.33 Å². The summed E-state index contributed by atoms with van der Waals surface area (Å²) in [6, 6.07) is 0.651. The van der Waals surface area contributed by atoms with Gasteiger partial charge in [0.15, 0.2) is 0 Å². The third-order valence-corrected chi connectivity index (χ3v) is 4.09. The average Bonchev–Trinajstić information content (AvgIpc) is 2.38. The van der Waals surface area contributed by atoms with E-state index in [1.165, 1.54) is 6.33 Å². The Morgan fingerprint density at radius 2 is 2.00 bits per heavy atom. The molecule has 2 rings (SSSR count). The Morgan fingerprint density at radius 1 is 1.33 bits per heavy atom. The van der Waals surface area contributed by atoms with Crippen LogP contribution in [0.3, 0.4) is 0 Å². The summed E-state index contributed by atoms with van der Waals surface area (Å²) in [5.41, 5.74) is 0.837. The Labute approximate surface area is 118 Å². The van der Waals surface area contributed by atoms with Crippen molar-refractivity contribution in [3.63, 3.8) is 0 Å². The van der Waals surface area contributed by atoms with Gasteiger partial charge in [0, 0.05) is 24.7 Å². The number of anilines is 1. The summed E-state index contributed by atoms with van der Waals surface area (Å²) in [4.78, 5) is 12.9. The maximum Gasteiger partial charge on any atom is 0.138 e.